The molecule has 1 saturated carbocycles. The van der Waals surface area contributed by atoms with Crippen molar-refractivity contribution in [1.82, 2.24) is 4.98 Å². The van der Waals surface area contributed by atoms with Crippen LogP contribution in [0.4, 0.5) is 4.39 Å². The maximum Gasteiger partial charge on any atom is 0.248 e. The van der Waals surface area contributed by atoms with Gasteiger partial charge < -0.3 is 9.72 Å². The second kappa shape index (κ2) is 4.29. The lowest BCUT2D eigenvalue weighted by molar-refractivity contribution is 0.303. The number of ether oxygens (including phenoxy) is 1. The molecule has 0 amide bonds. The number of halogens is 1. The van der Waals surface area contributed by atoms with Gasteiger partial charge in [0, 0.05) is 17.8 Å². The number of aromatic amines is 1. The SMILES string of the molecule is O=c1cc(-c2ccc(OC3CC3)cc2)c(F)c[nH]1. The fourth-order valence-electron chi connectivity index (χ4n) is 1.77. The minimum Gasteiger partial charge on any atom is -0.490 e. The Hall–Kier alpha value is -2.10. The lowest BCUT2D eigenvalue weighted by Gasteiger charge is -2.06. The van der Waals surface area contributed by atoms with Crippen molar-refractivity contribution >= 4 is 0 Å². The minimum atomic E-state index is -0.439. The van der Waals surface area contributed by atoms with E-state index in [0.717, 1.165) is 24.8 Å². The van der Waals surface area contributed by atoms with Gasteiger partial charge in [-0.25, -0.2) is 4.39 Å². The maximum absolute atomic E-state index is 13.6. The zero-order valence-corrected chi connectivity index (χ0v) is 9.65. The Balaban J connectivity index is 1.91. The molecule has 1 aromatic heterocycles. The molecule has 2 aromatic rings. The molecule has 0 atom stereocenters. The molecule has 18 heavy (non-hydrogen) atoms. The molecule has 0 radical (unpaired) electrons. The van der Waals surface area contributed by atoms with Crippen LogP contribution in [0.3, 0.4) is 0 Å². The van der Waals surface area contributed by atoms with Crippen LogP contribution in [-0.4, -0.2) is 11.1 Å². The number of hydrogen-bond acceptors (Lipinski definition) is 2. The summed E-state index contributed by atoms with van der Waals surface area (Å²) in [5, 5.41) is 0. The van der Waals surface area contributed by atoms with Gasteiger partial charge in [-0.05, 0) is 30.5 Å². The zero-order valence-electron chi connectivity index (χ0n) is 9.65. The summed E-state index contributed by atoms with van der Waals surface area (Å²) in [6.07, 6.45) is 3.62. The zero-order chi connectivity index (χ0) is 12.5. The lowest BCUT2D eigenvalue weighted by Crippen LogP contribution is -2.04. The van der Waals surface area contributed by atoms with Gasteiger partial charge in [0.15, 0.2) is 0 Å². The average molecular weight is 245 g/mol. The van der Waals surface area contributed by atoms with Crippen LogP contribution in [0.2, 0.25) is 0 Å². The first kappa shape index (κ1) is 11.0. The Morgan fingerprint density at radius 3 is 2.61 bits per heavy atom. The summed E-state index contributed by atoms with van der Waals surface area (Å²) in [6.45, 7) is 0. The molecular weight excluding hydrogens is 233 g/mol. The lowest BCUT2D eigenvalue weighted by atomic mass is 10.1. The van der Waals surface area contributed by atoms with Gasteiger partial charge in [0.1, 0.15) is 11.6 Å². The van der Waals surface area contributed by atoms with Gasteiger partial charge in [0.25, 0.3) is 0 Å². The van der Waals surface area contributed by atoms with E-state index in [2.05, 4.69) is 4.98 Å². The van der Waals surface area contributed by atoms with E-state index in [1.165, 1.54) is 6.07 Å². The van der Waals surface area contributed by atoms with E-state index < -0.39 is 5.82 Å². The third kappa shape index (κ3) is 2.27. The fraction of sp³-hybridized carbons (Fsp3) is 0.214. The number of pyridine rings is 1. The molecule has 1 aliphatic carbocycles. The molecule has 1 fully saturated rings. The van der Waals surface area contributed by atoms with Gasteiger partial charge in [-0.3, -0.25) is 4.79 Å². The molecule has 0 aliphatic heterocycles. The molecule has 3 nitrogen and oxygen atoms in total. The Morgan fingerprint density at radius 2 is 1.94 bits per heavy atom. The molecule has 0 spiro atoms. The normalized spacial score (nSPS) is 14.5. The number of rotatable bonds is 3. The maximum atomic E-state index is 13.6. The van der Waals surface area contributed by atoms with Gasteiger partial charge in [-0.1, -0.05) is 12.1 Å². The van der Waals surface area contributed by atoms with Crippen LogP contribution in [-0.2, 0) is 0 Å². The van der Waals surface area contributed by atoms with Gasteiger partial charge in [0.2, 0.25) is 5.56 Å². The van der Waals surface area contributed by atoms with Crippen molar-refractivity contribution in [2.45, 2.75) is 18.9 Å². The summed E-state index contributed by atoms with van der Waals surface area (Å²) >= 11 is 0. The fourth-order valence-corrected chi connectivity index (χ4v) is 1.77. The molecular formula is C14H12FNO2. The molecule has 0 unspecified atom stereocenters. The van der Waals surface area contributed by atoms with E-state index in [1.807, 2.05) is 0 Å². The molecule has 0 bridgehead atoms. The van der Waals surface area contributed by atoms with Crippen molar-refractivity contribution in [3.63, 3.8) is 0 Å². The van der Waals surface area contributed by atoms with Crippen molar-refractivity contribution in [1.29, 1.82) is 0 Å². The molecule has 92 valence electrons. The highest BCUT2D eigenvalue weighted by atomic mass is 19.1. The molecule has 1 heterocycles. The van der Waals surface area contributed by atoms with Crippen LogP contribution in [0.25, 0.3) is 11.1 Å². The summed E-state index contributed by atoms with van der Waals surface area (Å²) in [6, 6.07) is 8.37. The van der Waals surface area contributed by atoms with Crippen molar-refractivity contribution in [2.75, 3.05) is 0 Å². The molecule has 1 N–H and O–H groups in total. The van der Waals surface area contributed by atoms with Crippen LogP contribution in [0.1, 0.15) is 12.8 Å². The van der Waals surface area contributed by atoms with Crippen molar-refractivity contribution < 1.29 is 9.13 Å². The Kier molecular flexibility index (Phi) is 2.63. The topological polar surface area (TPSA) is 42.1 Å². The second-order valence-corrected chi connectivity index (χ2v) is 4.40. The summed E-state index contributed by atoms with van der Waals surface area (Å²) < 4.78 is 19.2. The van der Waals surface area contributed by atoms with Gasteiger partial charge >= 0.3 is 0 Å². The second-order valence-electron chi connectivity index (χ2n) is 4.40. The molecule has 1 aliphatic rings. The summed E-state index contributed by atoms with van der Waals surface area (Å²) in [7, 11) is 0. The van der Waals surface area contributed by atoms with Crippen LogP contribution in [0.5, 0.6) is 5.75 Å². The van der Waals surface area contributed by atoms with E-state index in [4.69, 9.17) is 4.74 Å². The van der Waals surface area contributed by atoms with E-state index in [9.17, 15) is 9.18 Å². The predicted octanol–water partition coefficient (Wildman–Crippen LogP) is 2.72. The van der Waals surface area contributed by atoms with E-state index in [1.54, 1.807) is 24.3 Å². The summed E-state index contributed by atoms with van der Waals surface area (Å²) in [4.78, 5) is 13.5. The molecule has 1 aromatic carbocycles. The van der Waals surface area contributed by atoms with Crippen molar-refractivity contribution in [2.24, 2.45) is 0 Å². The smallest absolute Gasteiger partial charge is 0.248 e. The van der Waals surface area contributed by atoms with Crippen molar-refractivity contribution in [3.05, 3.63) is 52.7 Å². The number of aromatic nitrogens is 1. The molecule has 0 saturated heterocycles. The summed E-state index contributed by atoms with van der Waals surface area (Å²) in [5.41, 5.74) is 0.656. The monoisotopic (exact) mass is 245 g/mol. The van der Waals surface area contributed by atoms with E-state index in [-0.39, 0.29) is 5.56 Å². The summed E-state index contributed by atoms with van der Waals surface area (Å²) in [5.74, 6) is 0.344. The van der Waals surface area contributed by atoms with Gasteiger partial charge in [-0.15, -0.1) is 0 Å². The minimum absolute atomic E-state index is 0.303. The molecule has 3 rings (SSSR count). The number of H-pyrrole nitrogens is 1. The third-order valence-electron chi connectivity index (χ3n) is 2.87. The Labute approximate surface area is 103 Å². The Bertz CT molecular complexity index is 614. The quantitative estimate of drug-likeness (QED) is 0.903. The number of benzene rings is 1. The average Bonchev–Trinajstić information content (AvgIpc) is 3.17. The van der Waals surface area contributed by atoms with Crippen LogP contribution < -0.4 is 10.3 Å². The first-order chi connectivity index (χ1) is 8.72. The highest BCUT2D eigenvalue weighted by Gasteiger charge is 2.23. The standard InChI is InChI=1S/C14H12FNO2/c15-13-8-16-14(17)7-12(13)9-1-3-10(4-2-9)18-11-5-6-11/h1-4,7-8,11H,5-6H2,(H,16,17). The first-order valence-corrected chi connectivity index (χ1v) is 5.88. The number of hydrogen-bond donors (Lipinski definition) is 1. The van der Waals surface area contributed by atoms with Crippen LogP contribution >= 0.6 is 0 Å². The van der Waals surface area contributed by atoms with Crippen LogP contribution in [0.15, 0.2) is 41.3 Å². The van der Waals surface area contributed by atoms with E-state index >= 15 is 0 Å². The van der Waals surface area contributed by atoms with Crippen LogP contribution in [0, 0.1) is 5.82 Å². The van der Waals surface area contributed by atoms with E-state index in [0.29, 0.717) is 17.2 Å². The molecule has 4 heteroatoms. The van der Waals surface area contributed by atoms with Gasteiger partial charge in [-0.2, -0.15) is 0 Å². The predicted molar refractivity (Wildman–Crippen MR) is 66.1 cm³/mol. The highest BCUT2D eigenvalue weighted by molar-refractivity contribution is 5.64. The highest BCUT2D eigenvalue weighted by Crippen LogP contribution is 2.28. The van der Waals surface area contributed by atoms with Gasteiger partial charge in [0.05, 0.1) is 6.10 Å². The largest absolute Gasteiger partial charge is 0.490 e. The first-order valence-electron chi connectivity index (χ1n) is 5.88. The third-order valence-corrected chi connectivity index (χ3v) is 2.87. The van der Waals surface area contributed by atoms with Crippen molar-refractivity contribution in [3.8, 4) is 16.9 Å². The Morgan fingerprint density at radius 1 is 1.22 bits per heavy atom. The number of nitrogens with one attached hydrogen (secondary N) is 1.